The van der Waals surface area contributed by atoms with Crippen molar-refractivity contribution in [2.75, 3.05) is 0 Å². The molecule has 17 heavy (non-hydrogen) atoms. The lowest BCUT2D eigenvalue weighted by Crippen LogP contribution is -2.44. The molecule has 0 aromatic heterocycles. The van der Waals surface area contributed by atoms with Gasteiger partial charge in [-0.15, -0.1) is 0 Å². The molecule has 0 aliphatic heterocycles. The molecule has 3 N–H and O–H groups in total. The Labute approximate surface area is 99.1 Å². The highest BCUT2D eigenvalue weighted by Crippen LogP contribution is 2.16. The van der Waals surface area contributed by atoms with Gasteiger partial charge in [-0.1, -0.05) is 26.0 Å². The molecule has 0 saturated heterocycles. The van der Waals surface area contributed by atoms with Crippen molar-refractivity contribution in [3.8, 4) is 5.75 Å². The van der Waals surface area contributed by atoms with Crippen molar-refractivity contribution in [3.05, 3.63) is 29.8 Å². The monoisotopic (exact) mass is 237 g/mol. The maximum absolute atomic E-state index is 11.8. The Hall–Kier alpha value is -2.04. The summed E-state index contributed by atoms with van der Waals surface area (Å²) in [6, 6.07) is 5.02. The smallest absolute Gasteiger partial charge is 0.326 e. The zero-order chi connectivity index (χ0) is 13.0. The third-order valence-electron chi connectivity index (χ3n) is 2.37. The summed E-state index contributed by atoms with van der Waals surface area (Å²) in [5, 5.41) is 20.8. The number of carboxylic acids is 1. The second kappa shape index (κ2) is 5.34. The number of hydrogen-bond donors (Lipinski definition) is 3. The summed E-state index contributed by atoms with van der Waals surface area (Å²) in [5.74, 6) is -2.09. The third-order valence-corrected chi connectivity index (χ3v) is 2.37. The number of carbonyl (C=O) groups is 2. The van der Waals surface area contributed by atoms with E-state index < -0.39 is 17.9 Å². The van der Waals surface area contributed by atoms with Crippen molar-refractivity contribution in [1.29, 1.82) is 0 Å². The van der Waals surface area contributed by atoms with Crippen LogP contribution in [-0.2, 0) is 4.79 Å². The van der Waals surface area contributed by atoms with Gasteiger partial charge in [0.1, 0.15) is 11.8 Å². The van der Waals surface area contributed by atoms with Gasteiger partial charge in [0.05, 0.1) is 5.56 Å². The van der Waals surface area contributed by atoms with Crippen molar-refractivity contribution in [2.45, 2.75) is 19.9 Å². The van der Waals surface area contributed by atoms with E-state index >= 15 is 0 Å². The minimum Gasteiger partial charge on any atom is -0.507 e. The summed E-state index contributed by atoms with van der Waals surface area (Å²) >= 11 is 0. The molecule has 1 aromatic carbocycles. The van der Waals surface area contributed by atoms with Crippen molar-refractivity contribution < 1.29 is 19.8 Å². The normalized spacial score (nSPS) is 12.2. The van der Waals surface area contributed by atoms with Gasteiger partial charge in [-0.05, 0) is 18.1 Å². The van der Waals surface area contributed by atoms with E-state index in [0.717, 1.165) is 0 Å². The molecule has 1 amide bonds. The number of carbonyl (C=O) groups excluding carboxylic acids is 1. The minimum absolute atomic E-state index is 0.0689. The predicted molar refractivity (Wildman–Crippen MR) is 61.8 cm³/mol. The summed E-state index contributed by atoms with van der Waals surface area (Å²) in [4.78, 5) is 22.7. The summed E-state index contributed by atoms with van der Waals surface area (Å²) in [6.45, 7) is 3.40. The van der Waals surface area contributed by atoms with Crippen molar-refractivity contribution in [3.63, 3.8) is 0 Å². The van der Waals surface area contributed by atoms with E-state index in [1.807, 2.05) is 0 Å². The molecule has 0 heterocycles. The maximum atomic E-state index is 11.8. The maximum Gasteiger partial charge on any atom is 0.326 e. The average Bonchev–Trinajstić information content (AvgIpc) is 2.25. The second-order valence-corrected chi connectivity index (χ2v) is 4.05. The molecule has 0 unspecified atom stereocenters. The second-order valence-electron chi connectivity index (χ2n) is 4.05. The van der Waals surface area contributed by atoms with Crippen molar-refractivity contribution in [2.24, 2.45) is 5.92 Å². The number of para-hydroxylation sites is 1. The number of aromatic hydroxyl groups is 1. The van der Waals surface area contributed by atoms with Crippen LogP contribution in [0.1, 0.15) is 24.2 Å². The highest BCUT2D eigenvalue weighted by Gasteiger charge is 2.24. The fourth-order valence-corrected chi connectivity index (χ4v) is 1.40. The van der Waals surface area contributed by atoms with Crippen LogP contribution in [0.4, 0.5) is 0 Å². The Kier molecular flexibility index (Phi) is 4.09. The van der Waals surface area contributed by atoms with E-state index in [0.29, 0.717) is 0 Å². The average molecular weight is 237 g/mol. The molecule has 5 heteroatoms. The first-order valence-corrected chi connectivity index (χ1v) is 5.25. The summed E-state index contributed by atoms with van der Waals surface area (Å²) < 4.78 is 0. The summed E-state index contributed by atoms with van der Waals surface area (Å²) in [7, 11) is 0. The number of benzene rings is 1. The van der Waals surface area contributed by atoms with Gasteiger partial charge in [-0.2, -0.15) is 0 Å². The fourth-order valence-electron chi connectivity index (χ4n) is 1.40. The van der Waals surface area contributed by atoms with Gasteiger partial charge in [0.2, 0.25) is 0 Å². The molecule has 0 radical (unpaired) electrons. The Morgan fingerprint density at radius 1 is 1.24 bits per heavy atom. The molecule has 5 nitrogen and oxygen atoms in total. The molecule has 1 atom stereocenters. The van der Waals surface area contributed by atoms with Gasteiger partial charge in [0.15, 0.2) is 0 Å². The van der Waals surface area contributed by atoms with Gasteiger partial charge in [0, 0.05) is 0 Å². The van der Waals surface area contributed by atoms with Crippen LogP contribution in [0.25, 0.3) is 0 Å². The molecule has 0 saturated carbocycles. The molecule has 0 spiro atoms. The standard InChI is InChI=1S/C12H15NO4/c1-7(2)10(12(16)17)13-11(15)8-5-3-4-6-9(8)14/h3-7,10,14H,1-2H3,(H,13,15)(H,16,17)/t10-/m1/s1. The van der Waals surface area contributed by atoms with Gasteiger partial charge < -0.3 is 15.5 Å². The quantitative estimate of drug-likeness (QED) is 0.735. The third kappa shape index (κ3) is 3.21. The minimum atomic E-state index is -1.09. The molecule has 92 valence electrons. The van der Waals surface area contributed by atoms with Crippen LogP contribution < -0.4 is 5.32 Å². The Bertz CT molecular complexity index is 428. The fraction of sp³-hybridized carbons (Fsp3) is 0.333. The molecular formula is C12H15NO4. The highest BCUT2D eigenvalue weighted by atomic mass is 16.4. The largest absolute Gasteiger partial charge is 0.507 e. The van der Waals surface area contributed by atoms with E-state index in [1.165, 1.54) is 12.1 Å². The van der Waals surface area contributed by atoms with Crippen LogP contribution in [0.5, 0.6) is 5.75 Å². The van der Waals surface area contributed by atoms with E-state index in [2.05, 4.69) is 5.32 Å². The van der Waals surface area contributed by atoms with Crippen LogP contribution in [0.3, 0.4) is 0 Å². The molecule has 0 fully saturated rings. The SMILES string of the molecule is CC(C)[C@@H](NC(=O)c1ccccc1O)C(=O)O. The lowest BCUT2D eigenvalue weighted by Gasteiger charge is -2.18. The van der Waals surface area contributed by atoms with E-state index in [-0.39, 0.29) is 17.2 Å². The first-order valence-electron chi connectivity index (χ1n) is 5.25. The molecule has 0 aliphatic carbocycles. The van der Waals surface area contributed by atoms with Crippen LogP contribution in [0, 0.1) is 5.92 Å². The van der Waals surface area contributed by atoms with Gasteiger partial charge in [-0.3, -0.25) is 4.79 Å². The topological polar surface area (TPSA) is 86.6 Å². The summed E-state index contributed by atoms with van der Waals surface area (Å²) in [5.41, 5.74) is 0.0689. The number of rotatable bonds is 4. The number of phenolic OH excluding ortho intramolecular Hbond substituents is 1. The van der Waals surface area contributed by atoms with Crippen molar-refractivity contribution in [1.82, 2.24) is 5.32 Å². The number of carboxylic acid groups (broad SMARTS) is 1. The number of phenols is 1. The zero-order valence-corrected chi connectivity index (χ0v) is 9.68. The number of aliphatic carboxylic acids is 1. The van der Waals surface area contributed by atoms with E-state index in [9.17, 15) is 14.7 Å². The molecule has 0 bridgehead atoms. The van der Waals surface area contributed by atoms with Crippen molar-refractivity contribution >= 4 is 11.9 Å². The van der Waals surface area contributed by atoms with Gasteiger partial charge >= 0.3 is 5.97 Å². The van der Waals surface area contributed by atoms with Crippen LogP contribution in [0.2, 0.25) is 0 Å². The Morgan fingerprint density at radius 3 is 2.29 bits per heavy atom. The molecule has 1 rings (SSSR count). The number of amides is 1. The highest BCUT2D eigenvalue weighted by molar-refractivity contribution is 5.98. The lowest BCUT2D eigenvalue weighted by molar-refractivity contribution is -0.140. The number of hydrogen-bond acceptors (Lipinski definition) is 3. The van der Waals surface area contributed by atoms with Gasteiger partial charge in [-0.25, -0.2) is 4.79 Å². The first-order chi connectivity index (χ1) is 7.93. The van der Waals surface area contributed by atoms with Crippen LogP contribution in [-0.4, -0.2) is 28.1 Å². The molecule has 1 aromatic rings. The van der Waals surface area contributed by atoms with Crippen LogP contribution >= 0.6 is 0 Å². The zero-order valence-electron chi connectivity index (χ0n) is 9.68. The Morgan fingerprint density at radius 2 is 1.82 bits per heavy atom. The first kappa shape index (κ1) is 13.0. The van der Waals surface area contributed by atoms with Crippen LogP contribution in [0.15, 0.2) is 24.3 Å². The number of nitrogens with one attached hydrogen (secondary N) is 1. The molecule has 0 aliphatic rings. The van der Waals surface area contributed by atoms with E-state index in [1.54, 1.807) is 26.0 Å². The lowest BCUT2D eigenvalue weighted by atomic mass is 10.0. The predicted octanol–water partition coefficient (Wildman–Crippen LogP) is 1.23. The summed E-state index contributed by atoms with van der Waals surface area (Å²) in [6.07, 6.45) is 0. The molecular weight excluding hydrogens is 222 g/mol. The van der Waals surface area contributed by atoms with E-state index in [4.69, 9.17) is 5.11 Å². The Balaban J connectivity index is 2.85. The van der Waals surface area contributed by atoms with Gasteiger partial charge in [0.25, 0.3) is 5.91 Å².